The first-order chi connectivity index (χ1) is 11.7. The molecule has 0 saturated carbocycles. The molecular weight excluding hydrogens is 342 g/mol. The summed E-state index contributed by atoms with van der Waals surface area (Å²) in [5, 5.41) is 27.2. The molecule has 2 rings (SSSR count). The van der Waals surface area contributed by atoms with Crippen LogP contribution < -0.4 is 10.6 Å². The number of thioether (sulfide) groups is 1. The monoisotopic (exact) mass is 359 g/mol. The largest absolute Gasteiger partial charge is 0.360 e. The summed E-state index contributed by atoms with van der Waals surface area (Å²) in [4.78, 5) is 24.4. The van der Waals surface area contributed by atoms with Crippen LogP contribution in [-0.4, -0.2) is 22.2 Å². The number of hydrogen-bond acceptors (Lipinski definition) is 7. The molecule has 0 radical (unpaired) electrons. The van der Waals surface area contributed by atoms with E-state index < -0.39 is 22.5 Å². The first-order valence-corrected chi connectivity index (χ1v) is 8.34. The average Bonchev–Trinajstić information content (AvgIpc) is 2.91. The minimum Gasteiger partial charge on any atom is -0.360 e. The number of hydrogen-bond donors (Lipinski definition) is 2. The van der Waals surface area contributed by atoms with Gasteiger partial charge in [-0.2, -0.15) is 10.5 Å². The molecule has 2 heterocycles. The lowest BCUT2D eigenvalue weighted by atomic mass is 9.72. The van der Waals surface area contributed by atoms with Crippen LogP contribution in [0.25, 0.3) is 0 Å². The van der Waals surface area contributed by atoms with E-state index in [2.05, 4.69) is 21.9 Å². The standard InChI is InChI=1S/C16H17N5O3S/c1-8-5-12(21-24-8)19-13(22)9(2)25-15-11(7-18)16(3,4)10(6-17)14(23)20-15/h5,9-10H,1-4H3,(H,20,23)(H,19,21,22)/t9-,10+/m1/s1. The number of nitrogens with one attached hydrogen (secondary N) is 2. The van der Waals surface area contributed by atoms with Crippen molar-refractivity contribution in [3.05, 3.63) is 22.4 Å². The molecule has 25 heavy (non-hydrogen) atoms. The van der Waals surface area contributed by atoms with E-state index in [1.165, 1.54) is 0 Å². The van der Waals surface area contributed by atoms with Crippen LogP contribution in [0.5, 0.6) is 0 Å². The van der Waals surface area contributed by atoms with Crippen LogP contribution in [0.15, 0.2) is 21.2 Å². The van der Waals surface area contributed by atoms with Gasteiger partial charge < -0.3 is 15.2 Å². The lowest BCUT2D eigenvalue weighted by molar-refractivity contribution is -0.125. The maximum atomic E-state index is 12.3. The van der Waals surface area contributed by atoms with Gasteiger partial charge in [0.15, 0.2) is 5.82 Å². The quantitative estimate of drug-likeness (QED) is 0.841. The summed E-state index contributed by atoms with van der Waals surface area (Å²) in [5.74, 6) is -0.934. The first kappa shape index (κ1) is 18.6. The van der Waals surface area contributed by atoms with E-state index in [9.17, 15) is 20.1 Å². The maximum absolute atomic E-state index is 12.3. The zero-order chi connectivity index (χ0) is 18.8. The summed E-state index contributed by atoms with van der Waals surface area (Å²) in [6, 6.07) is 5.58. The zero-order valence-electron chi connectivity index (χ0n) is 14.2. The number of amides is 2. The van der Waals surface area contributed by atoms with Crippen LogP contribution in [0, 0.1) is 40.9 Å². The molecule has 1 aromatic rings. The molecule has 130 valence electrons. The number of allylic oxidation sites excluding steroid dienone is 1. The Morgan fingerprint density at radius 2 is 2.20 bits per heavy atom. The Morgan fingerprint density at radius 3 is 2.72 bits per heavy atom. The van der Waals surface area contributed by atoms with Gasteiger partial charge in [-0.05, 0) is 13.8 Å². The molecule has 2 atom stereocenters. The zero-order valence-corrected chi connectivity index (χ0v) is 15.0. The minimum absolute atomic E-state index is 0.278. The molecule has 1 aliphatic rings. The lowest BCUT2D eigenvalue weighted by Crippen LogP contribution is -2.45. The summed E-state index contributed by atoms with van der Waals surface area (Å²) >= 11 is 1.05. The fourth-order valence-corrected chi connectivity index (χ4v) is 3.50. The summed E-state index contributed by atoms with van der Waals surface area (Å²) in [5.41, 5.74) is -0.659. The maximum Gasteiger partial charge on any atom is 0.243 e. The second kappa shape index (κ2) is 6.99. The van der Waals surface area contributed by atoms with Crippen LogP contribution in [0.4, 0.5) is 5.82 Å². The third-order valence-electron chi connectivity index (χ3n) is 3.88. The predicted octanol–water partition coefficient (Wildman–Crippen LogP) is 2.07. The molecule has 0 saturated heterocycles. The average molecular weight is 359 g/mol. The molecule has 0 fully saturated rings. The number of rotatable bonds is 4. The molecule has 1 aromatic heterocycles. The molecule has 0 unspecified atom stereocenters. The number of nitrogens with zero attached hydrogens (tertiary/aromatic N) is 3. The van der Waals surface area contributed by atoms with Crippen molar-refractivity contribution in [3.63, 3.8) is 0 Å². The van der Waals surface area contributed by atoms with Gasteiger partial charge in [-0.1, -0.05) is 30.8 Å². The van der Waals surface area contributed by atoms with Crippen molar-refractivity contribution in [1.82, 2.24) is 10.5 Å². The molecule has 9 heteroatoms. The van der Waals surface area contributed by atoms with Crippen LogP contribution in [0.2, 0.25) is 0 Å². The topological polar surface area (TPSA) is 132 Å². The summed E-state index contributed by atoms with van der Waals surface area (Å²) in [7, 11) is 0. The fraction of sp³-hybridized carbons (Fsp3) is 0.438. The molecule has 1 aliphatic heterocycles. The number of anilines is 1. The van der Waals surface area contributed by atoms with Gasteiger partial charge >= 0.3 is 0 Å². The Kier molecular flexibility index (Phi) is 5.19. The van der Waals surface area contributed by atoms with Crippen LogP contribution in [0.3, 0.4) is 0 Å². The van der Waals surface area contributed by atoms with Gasteiger partial charge in [-0.25, -0.2) is 0 Å². The predicted molar refractivity (Wildman–Crippen MR) is 90.6 cm³/mol. The number of aromatic nitrogens is 1. The van der Waals surface area contributed by atoms with Crippen LogP contribution >= 0.6 is 11.8 Å². The fourth-order valence-electron chi connectivity index (χ4n) is 2.40. The van der Waals surface area contributed by atoms with E-state index in [0.29, 0.717) is 16.6 Å². The van der Waals surface area contributed by atoms with E-state index >= 15 is 0 Å². The second-order valence-electron chi connectivity index (χ2n) is 6.16. The highest BCUT2D eigenvalue weighted by Gasteiger charge is 2.45. The molecule has 2 amide bonds. The van der Waals surface area contributed by atoms with Crippen LogP contribution in [0.1, 0.15) is 26.5 Å². The van der Waals surface area contributed by atoms with Gasteiger partial charge in [0.05, 0.1) is 28.0 Å². The van der Waals surface area contributed by atoms with Gasteiger partial charge in [0.25, 0.3) is 0 Å². The third-order valence-corrected chi connectivity index (χ3v) is 4.99. The molecule has 0 bridgehead atoms. The number of carbonyl (C=O) groups excluding carboxylic acids is 2. The highest BCUT2D eigenvalue weighted by molar-refractivity contribution is 8.04. The Hall–Kier alpha value is -2.78. The first-order valence-electron chi connectivity index (χ1n) is 7.46. The summed E-state index contributed by atoms with van der Waals surface area (Å²) < 4.78 is 4.88. The van der Waals surface area contributed by atoms with E-state index in [4.69, 9.17) is 4.52 Å². The SMILES string of the molecule is Cc1cc(NC(=O)[C@@H](C)SC2=C(C#N)C(C)(C)[C@@H](C#N)C(=O)N2)no1. The van der Waals surface area contributed by atoms with Crippen molar-refractivity contribution in [2.24, 2.45) is 11.3 Å². The van der Waals surface area contributed by atoms with Crippen molar-refractivity contribution in [1.29, 1.82) is 10.5 Å². The van der Waals surface area contributed by atoms with Crippen LogP contribution in [-0.2, 0) is 9.59 Å². The van der Waals surface area contributed by atoms with E-state index in [1.807, 2.05) is 6.07 Å². The number of aryl methyl sites for hydroxylation is 1. The summed E-state index contributed by atoms with van der Waals surface area (Å²) in [6.07, 6.45) is 0. The smallest absolute Gasteiger partial charge is 0.243 e. The van der Waals surface area contributed by atoms with E-state index in [1.54, 1.807) is 33.8 Å². The Balaban J connectivity index is 2.21. The normalized spacial score (nSPS) is 20.2. The van der Waals surface area contributed by atoms with Crippen molar-refractivity contribution in [2.45, 2.75) is 32.9 Å². The van der Waals surface area contributed by atoms with Gasteiger partial charge in [0.2, 0.25) is 11.8 Å². The number of carbonyl (C=O) groups is 2. The van der Waals surface area contributed by atoms with E-state index in [0.717, 1.165) is 11.8 Å². The van der Waals surface area contributed by atoms with Crippen molar-refractivity contribution < 1.29 is 14.1 Å². The van der Waals surface area contributed by atoms with E-state index in [-0.39, 0.29) is 11.5 Å². The molecular formula is C16H17N5O3S. The molecule has 0 spiro atoms. The third kappa shape index (κ3) is 3.67. The Morgan fingerprint density at radius 1 is 1.52 bits per heavy atom. The highest BCUT2D eigenvalue weighted by atomic mass is 32.2. The minimum atomic E-state index is -0.964. The Labute approximate surface area is 149 Å². The lowest BCUT2D eigenvalue weighted by Gasteiger charge is -2.35. The van der Waals surface area contributed by atoms with Crippen molar-refractivity contribution in [2.75, 3.05) is 5.32 Å². The summed E-state index contributed by atoms with van der Waals surface area (Å²) in [6.45, 7) is 6.68. The molecule has 2 N–H and O–H groups in total. The molecule has 0 aliphatic carbocycles. The second-order valence-corrected chi connectivity index (χ2v) is 7.51. The van der Waals surface area contributed by atoms with Crippen molar-refractivity contribution >= 4 is 29.4 Å². The molecule has 0 aromatic carbocycles. The molecule has 8 nitrogen and oxygen atoms in total. The van der Waals surface area contributed by atoms with Gasteiger partial charge in [-0.3, -0.25) is 9.59 Å². The number of nitriles is 2. The van der Waals surface area contributed by atoms with Gasteiger partial charge in [0.1, 0.15) is 11.7 Å². The Bertz CT molecular complexity index is 828. The van der Waals surface area contributed by atoms with Gasteiger partial charge in [-0.15, -0.1) is 0 Å². The van der Waals surface area contributed by atoms with Crippen molar-refractivity contribution in [3.8, 4) is 12.1 Å². The highest BCUT2D eigenvalue weighted by Crippen LogP contribution is 2.42. The van der Waals surface area contributed by atoms with Gasteiger partial charge in [0, 0.05) is 11.5 Å².